The Hall–Kier alpha value is -2.95. The second-order valence-corrected chi connectivity index (χ2v) is 8.08. The Balaban J connectivity index is 1.78. The van der Waals surface area contributed by atoms with Crippen molar-refractivity contribution in [2.45, 2.75) is 52.7 Å². The van der Waals surface area contributed by atoms with E-state index in [0.29, 0.717) is 0 Å². The molecule has 150 valence electrons. The van der Waals surface area contributed by atoms with Crippen LogP contribution in [0.25, 0.3) is 0 Å². The number of fused-ring (bicyclic) bond motifs is 3. The van der Waals surface area contributed by atoms with Crippen molar-refractivity contribution in [1.82, 2.24) is 5.01 Å². The fourth-order valence-electron chi connectivity index (χ4n) is 4.39. The molecule has 0 spiro atoms. The summed E-state index contributed by atoms with van der Waals surface area (Å²) < 4.78 is 5.17. The summed E-state index contributed by atoms with van der Waals surface area (Å²) in [5, 5.41) is 6.36. The minimum Gasteiger partial charge on any atom is -0.453 e. The third kappa shape index (κ3) is 3.57. The van der Waals surface area contributed by atoms with Gasteiger partial charge in [-0.1, -0.05) is 47.5 Å². The molecule has 5 heteroatoms. The van der Waals surface area contributed by atoms with Gasteiger partial charge in [-0.05, 0) is 50.8 Å². The number of benzene rings is 2. The Morgan fingerprint density at radius 1 is 1.10 bits per heavy atom. The number of ether oxygens (including phenoxy) is 1. The van der Waals surface area contributed by atoms with Gasteiger partial charge in [0, 0.05) is 18.4 Å². The van der Waals surface area contributed by atoms with Crippen LogP contribution in [0.4, 0.5) is 0 Å². The van der Waals surface area contributed by atoms with Crippen molar-refractivity contribution < 1.29 is 14.3 Å². The minimum absolute atomic E-state index is 0.125. The van der Waals surface area contributed by atoms with E-state index in [1.165, 1.54) is 23.6 Å². The van der Waals surface area contributed by atoms with Crippen molar-refractivity contribution in [3.05, 3.63) is 70.3 Å². The normalized spacial score (nSPS) is 21.1. The summed E-state index contributed by atoms with van der Waals surface area (Å²) in [6.07, 6.45) is 1.02. The first-order chi connectivity index (χ1) is 13.8. The van der Waals surface area contributed by atoms with E-state index in [4.69, 9.17) is 9.84 Å². The molecule has 0 N–H and O–H groups in total. The van der Waals surface area contributed by atoms with Crippen molar-refractivity contribution in [1.29, 1.82) is 0 Å². The highest BCUT2D eigenvalue weighted by molar-refractivity contribution is 6.07. The lowest BCUT2D eigenvalue weighted by Gasteiger charge is -2.30. The molecule has 5 nitrogen and oxygen atoms in total. The van der Waals surface area contributed by atoms with Crippen LogP contribution in [0.15, 0.2) is 47.6 Å². The summed E-state index contributed by atoms with van der Waals surface area (Å²) in [6, 6.07) is 14.5. The lowest BCUT2D eigenvalue weighted by atomic mass is 9.77. The molecule has 0 radical (unpaired) electrons. The summed E-state index contributed by atoms with van der Waals surface area (Å²) >= 11 is 0. The van der Waals surface area contributed by atoms with Gasteiger partial charge in [-0.3, -0.25) is 9.59 Å². The Kier molecular flexibility index (Phi) is 4.99. The highest BCUT2D eigenvalue weighted by atomic mass is 16.5. The number of hydrogen-bond acceptors (Lipinski definition) is 4. The average molecular weight is 390 g/mol. The summed E-state index contributed by atoms with van der Waals surface area (Å²) in [7, 11) is 0. The molecule has 2 aliphatic rings. The molecule has 2 aromatic carbocycles. The van der Waals surface area contributed by atoms with E-state index in [9.17, 15) is 9.59 Å². The number of aryl methyl sites for hydroxylation is 3. The molecule has 0 fully saturated rings. The van der Waals surface area contributed by atoms with Crippen molar-refractivity contribution in [2.75, 3.05) is 0 Å². The molecule has 0 bridgehead atoms. The number of carbonyl (C=O) groups excluding carboxylic acids is 2. The summed E-state index contributed by atoms with van der Waals surface area (Å²) in [5.74, 6) is -0.634. The van der Waals surface area contributed by atoms with Gasteiger partial charge in [0.05, 0.1) is 11.8 Å². The number of rotatable bonds is 3. The van der Waals surface area contributed by atoms with Crippen LogP contribution in [-0.2, 0) is 20.7 Å². The molecule has 1 aliphatic heterocycles. The number of carbonyl (C=O) groups is 2. The topological polar surface area (TPSA) is 59.0 Å². The van der Waals surface area contributed by atoms with Gasteiger partial charge in [-0.15, -0.1) is 0 Å². The van der Waals surface area contributed by atoms with Crippen LogP contribution in [0.5, 0.6) is 0 Å². The van der Waals surface area contributed by atoms with Crippen molar-refractivity contribution >= 4 is 17.6 Å². The molecule has 0 saturated heterocycles. The molecular weight excluding hydrogens is 364 g/mol. The van der Waals surface area contributed by atoms with Gasteiger partial charge in [0.15, 0.2) is 6.10 Å². The molecule has 1 amide bonds. The first-order valence-corrected chi connectivity index (χ1v) is 10.1. The molecular formula is C24H26N2O3. The van der Waals surface area contributed by atoms with Crippen LogP contribution >= 0.6 is 0 Å². The van der Waals surface area contributed by atoms with E-state index >= 15 is 0 Å². The number of amides is 1. The number of esters is 1. The van der Waals surface area contributed by atoms with Gasteiger partial charge in [-0.2, -0.15) is 5.10 Å². The SMILES string of the molecule is CC(=O)O[C@@H](C)C(=O)N1N=C2c3cc(C)ccc3CC[C@H]2[C@@H]1c1ccc(C)cc1. The monoisotopic (exact) mass is 390 g/mol. The number of hydrazone groups is 1. The largest absolute Gasteiger partial charge is 0.453 e. The summed E-state index contributed by atoms with van der Waals surface area (Å²) in [5.41, 5.74) is 6.77. The highest BCUT2D eigenvalue weighted by Crippen LogP contribution is 2.43. The second-order valence-electron chi connectivity index (χ2n) is 8.08. The van der Waals surface area contributed by atoms with E-state index in [0.717, 1.165) is 29.7 Å². The van der Waals surface area contributed by atoms with Crippen LogP contribution in [0.3, 0.4) is 0 Å². The maximum Gasteiger partial charge on any atom is 0.303 e. The van der Waals surface area contributed by atoms with E-state index in [2.05, 4.69) is 49.4 Å². The van der Waals surface area contributed by atoms with Crippen LogP contribution in [-0.4, -0.2) is 28.7 Å². The summed E-state index contributed by atoms with van der Waals surface area (Å²) in [6.45, 7) is 7.04. The van der Waals surface area contributed by atoms with Crippen molar-refractivity contribution in [3.8, 4) is 0 Å². The Bertz CT molecular complexity index is 994. The third-order valence-corrected chi connectivity index (χ3v) is 5.81. The van der Waals surface area contributed by atoms with Crippen LogP contribution in [0, 0.1) is 19.8 Å². The van der Waals surface area contributed by atoms with Gasteiger partial charge < -0.3 is 4.74 Å². The van der Waals surface area contributed by atoms with Crippen molar-refractivity contribution in [3.63, 3.8) is 0 Å². The van der Waals surface area contributed by atoms with E-state index in [-0.39, 0.29) is 17.9 Å². The maximum atomic E-state index is 13.2. The molecule has 3 atom stereocenters. The second kappa shape index (κ2) is 7.47. The van der Waals surface area contributed by atoms with Crippen LogP contribution in [0.1, 0.15) is 54.1 Å². The molecule has 0 unspecified atom stereocenters. The Morgan fingerprint density at radius 3 is 2.48 bits per heavy atom. The quantitative estimate of drug-likeness (QED) is 0.741. The zero-order chi connectivity index (χ0) is 20.7. The standard InChI is InChI=1S/C24H26N2O3/c1-14-5-9-19(10-6-14)23-20-12-11-18-8-7-15(2)13-21(18)22(20)25-26(23)24(28)16(3)29-17(4)27/h5-10,13,16,20,23H,11-12H2,1-4H3/t16-,20+,23-/m0/s1. The van der Waals surface area contributed by atoms with Gasteiger partial charge in [0.25, 0.3) is 5.91 Å². The van der Waals surface area contributed by atoms with E-state index in [1.54, 1.807) is 11.9 Å². The Labute approximate surface area is 171 Å². The summed E-state index contributed by atoms with van der Waals surface area (Å²) in [4.78, 5) is 24.6. The van der Waals surface area contributed by atoms with Gasteiger partial charge in [0.2, 0.25) is 0 Å². The molecule has 1 heterocycles. The average Bonchev–Trinajstić information content (AvgIpc) is 3.07. The zero-order valence-electron chi connectivity index (χ0n) is 17.3. The van der Waals surface area contributed by atoms with Crippen LogP contribution in [0.2, 0.25) is 0 Å². The molecule has 29 heavy (non-hydrogen) atoms. The zero-order valence-corrected chi connectivity index (χ0v) is 17.3. The lowest BCUT2D eigenvalue weighted by molar-refractivity contribution is -0.158. The van der Waals surface area contributed by atoms with Gasteiger partial charge >= 0.3 is 5.97 Å². The predicted octanol–water partition coefficient (Wildman–Crippen LogP) is 4.11. The maximum absolute atomic E-state index is 13.2. The van der Waals surface area contributed by atoms with E-state index < -0.39 is 12.1 Å². The number of hydrogen-bond donors (Lipinski definition) is 0. The highest BCUT2D eigenvalue weighted by Gasteiger charge is 2.45. The molecule has 2 aromatic rings. The first kappa shape index (κ1) is 19.4. The van der Waals surface area contributed by atoms with E-state index in [1.807, 2.05) is 6.92 Å². The first-order valence-electron chi connectivity index (χ1n) is 10.1. The smallest absolute Gasteiger partial charge is 0.303 e. The predicted molar refractivity (Wildman–Crippen MR) is 112 cm³/mol. The van der Waals surface area contributed by atoms with Gasteiger partial charge in [0.1, 0.15) is 0 Å². The molecule has 4 rings (SSSR count). The fraction of sp³-hybridized carbons (Fsp3) is 0.375. The number of nitrogens with zero attached hydrogens (tertiary/aromatic N) is 2. The molecule has 0 aromatic heterocycles. The molecule has 1 aliphatic carbocycles. The Morgan fingerprint density at radius 2 is 1.79 bits per heavy atom. The minimum atomic E-state index is -0.873. The van der Waals surface area contributed by atoms with Crippen LogP contribution < -0.4 is 0 Å². The van der Waals surface area contributed by atoms with Gasteiger partial charge in [-0.25, -0.2) is 5.01 Å². The molecule has 0 saturated carbocycles. The van der Waals surface area contributed by atoms with Crippen molar-refractivity contribution in [2.24, 2.45) is 11.0 Å². The third-order valence-electron chi connectivity index (χ3n) is 5.81. The fourth-order valence-corrected chi connectivity index (χ4v) is 4.39. The lowest BCUT2D eigenvalue weighted by Crippen LogP contribution is -2.38.